The van der Waals surface area contributed by atoms with Gasteiger partial charge in [-0.3, -0.25) is 9.69 Å². The summed E-state index contributed by atoms with van der Waals surface area (Å²) in [5, 5.41) is 6.10. The van der Waals surface area contributed by atoms with E-state index in [-0.39, 0.29) is 18.1 Å². The van der Waals surface area contributed by atoms with Crippen LogP contribution >= 0.6 is 11.6 Å². The number of carbonyl (C=O) groups excluding carboxylic acids is 2. The number of hydrogen-bond donors (Lipinski definition) is 2. The van der Waals surface area contributed by atoms with Crippen LogP contribution in [0.4, 0.5) is 4.79 Å². The summed E-state index contributed by atoms with van der Waals surface area (Å²) in [6.45, 7) is 2.87. The molecule has 1 heterocycles. The second-order valence-corrected chi connectivity index (χ2v) is 7.20. The van der Waals surface area contributed by atoms with Gasteiger partial charge in [-0.25, -0.2) is 4.79 Å². The molecule has 0 aliphatic carbocycles. The van der Waals surface area contributed by atoms with Crippen molar-refractivity contribution in [3.05, 3.63) is 64.7 Å². The lowest BCUT2D eigenvalue weighted by atomic mass is 10.0. The van der Waals surface area contributed by atoms with Crippen molar-refractivity contribution in [2.45, 2.75) is 32.0 Å². The van der Waals surface area contributed by atoms with E-state index in [0.717, 1.165) is 24.9 Å². The minimum Gasteiger partial charge on any atom is -0.410 e. The maximum atomic E-state index is 12.5. The zero-order chi connectivity index (χ0) is 20.1. The number of nitrogens with zero attached hydrogens (tertiary/aromatic N) is 1. The third-order valence-corrected chi connectivity index (χ3v) is 5.15. The summed E-state index contributed by atoms with van der Waals surface area (Å²) < 4.78 is 5.24. The molecule has 2 atom stereocenters. The van der Waals surface area contributed by atoms with Crippen molar-refractivity contribution in [2.75, 3.05) is 13.6 Å². The number of hydrogen-bond acceptors (Lipinski definition) is 4. The lowest BCUT2D eigenvalue weighted by molar-refractivity contribution is 0.0849. The summed E-state index contributed by atoms with van der Waals surface area (Å²) in [4.78, 5) is 26.3. The van der Waals surface area contributed by atoms with Crippen LogP contribution in [0.15, 0.2) is 48.5 Å². The zero-order valence-electron chi connectivity index (χ0n) is 15.9. The highest BCUT2D eigenvalue weighted by atomic mass is 35.5. The second kappa shape index (κ2) is 9.08. The quantitative estimate of drug-likeness (QED) is 0.795. The molecule has 0 aromatic heterocycles. The van der Waals surface area contributed by atoms with E-state index in [1.54, 1.807) is 30.3 Å². The van der Waals surface area contributed by atoms with Crippen LogP contribution in [-0.4, -0.2) is 36.7 Å². The normalized spacial score (nSPS) is 17.8. The van der Waals surface area contributed by atoms with E-state index in [0.29, 0.717) is 16.3 Å². The molecule has 6 nitrogen and oxygen atoms in total. The first-order valence-corrected chi connectivity index (χ1v) is 9.67. The molecule has 0 bridgehead atoms. The van der Waals surface area contributed by atoms with Gasteiger partial charge in [0.05, 0.1) is 6.17 Å². The topological polar surface area (TPSA) is 70.7 Å². The molecule has 2 aromatic rings. The van der Waals surface area contributed by atoms with Gasteiger partial charge in [-0.1, -0.05) is 23.7 Å². The number of halogens is 1. The minimum atomic E-state index is -0.496. The van der Waals surface area contributed by atoms with Gasteiger partial charge in [-0.15, -0.1) is 0 Å². The van der Waals surface area contributed by atoms with Gasteiger partial charge in [0.2, 0.25) is 0 Å². The van der Waals surface area contributed by atoms with E-state index >= 15 is 0 Å². The van der Waals surface area contributed by atoms with Crippen LogP contribution in [0.25, 0.3) is 0 Å². The molecule has 2 unspecified atom stereocenters. The molecule has 1 aliphatic rings. The van der Waals surface area contributed by atoms with Gasteiger partial charge in [0.15, 0.2) is 0 Å². The van der Waals surface area contributed by atoms with Gasteiger partial charge in [-0.05, 0) is 61.7 Å². The highest BCUT2D eigenvalue weighted by molar-refractivity contribution is 6.30. The molecule has 0 radical (unpaired) electrons. The maximum absolute atomic E-state index is 12.5. The van der Waals surface area contributed by atoms with Crippen molar-refractivity contribution < 1.29 is 14.3 Å². The van der Waals surface area contributed by atoms with Crippen molar-refractivity contribution in [2.24, 2.45) is 0 Å². The molecule has 148 valence electrons. The Labute approximate surface area is 169 Å². The molecule has 2 N–H and O–H groups in total. The summed E-state index contributed by atoms with van der Waals surface area (Å²) >= 11 is 5.89. The smallest absolute Gasteiger partial charge is 0.410 e. The SMILES string of the molecule is CNC(=O)Oc1cccc(C2CCCN2C(C)NC(=O)c2ccc(Cl)cc2)c1. The fraction of sp³-hybridized carbons (Fsp3) is 0.333. The molecule has 7 heteroatoms. The molecule has 3 rings (SSSR count). The number of benzene rings is 2. The summed E-state index contributed by atoms with van der Waals surface area (Å²) in [7, 11) is 1.52. The Morgan fingerprint density at radius 2 is 1.96 bits per heavy atom. The van der Waals surface area contributed by atoms with Gasteiger partial charge in [0.1, 0.15) is 5.75 Å². The van der Waals surface area contributed by atoms with E-state index in [9.17, 15) is 9.59 Å². The summed E-state index contributed by atoms with van der Waals surface area (Å²) in [5.74, 6) is 0.369. The maximum Gasteiger partial charge on any atom is 0.412 e. The fourth-order valence-electron chi connectivity index (χ4n) is 3.51. The van der Waals surface area contributed by atoms with E-state index in [4.69, 9.17) is 16.3 Å². The first-order valence-electron chi connectivity index (χ1n) is 9.29. The Bertz CT molecular complexity index is 841. The van der Waals surface area contributed by atoms with Gasteiger partial charge in [-0.2, -0.15) is 0 Å². The van der Waals surface area contributed by atoms with Crippen molar-refractivity contribution >= 4 is 23.6 Å². The van der Waals surface area contributed by atoms with Crippen LogP contribution in [0.5, 0.6) is 5.75 Å². The fourth-order valence-corrected chi connectivity index (χ4v) is 3.64. The number of ether oxygens (including phenoxy) is 1. The van der Waals surface area contributed by atoms with E-state index in [2.05, 4.69) is 15.5 Å². The van der Waals surface area contributed by atoms with Crippen molar-refractivity contribution in [1.29, 1.82) is 0 Å². The van der Waals surface area contributed by atoms with E-state index in [1.165, 1.54) is 7.05 Å². The van der Waals surface area contributed by atoms with Crippen LogP contribution < -0.4 is 15.4 Å². The van der Waals surface area contributed by atoms with Crippen molar-refractivity contribution in [1.82, 2.24) is 15.5 Å². The Balaban J connectivity index is 1.70. The van der Waals surface area contributed by atoms with Gasteiger partial charge in [0.25, 0.3) is 5.91 Å². The summed E-state index contributed by atoms with van der Waals surface area (Å²) in [5.41, 5.74) is 1.64. The van der Waals surface area contributed by atoms with E-state index in [1.807, 2.05) is 25.1 Å². The first kappa shape index (κ1) is 20.2. The average molecular weight is 402 g/mol. The van der Waals surface area contributed by atoms with Crippen molar-refractivity contribution in [3.63, 3.8) is 0 Å². The second-order valence-electron chi connectivity index (χ2n) is 6.76. The largest absolute Gasteiger partial charge is 0.412 e. The Morgan fingerprint density at radius 1 is 1.21 bits per heavy atom. The standard InChI is InChI=1S/C21H24ClN3O3/c1-14(24-20(26)15-8-10-17(22)11-9-15)25-12-4-7-19(25)16-5-3-6-18(13-16)28-21(27)23-2/h3,5-6,8-11,13-14,19H,4,7,12H2,1-2H3,(H,23,27)(H,24,26). The number of carbonyl (C=O) groups is 2. The third-order valence-electron chi connectivity index (χ3n) is 4.90. The molecule has 2 aromatic carbocycles. The van der Waals surface area contributed by atoms with Crippen LogP contribution in [-0.2, 0) is 0 Å². The van der Waals surface area contributed by atoms with E-state index < -0.39 is 6.09 Å². The summed E-state index contributed by atoms with van der Waals surface area (Å²) in [6.07, 6.45) is 1.37. The van der Waals surface area contributed by atoms with Crippen LogP contribution in [0, 0.1) is 0 Å². The van der Waals surface area contributed by atoms with Crippen LogP contribution in [0.2, 0.25) is 5.02 Å². The lowest BCUT2D eigenvalue weighted by Crippen LogP contribution is -2.45. The zero-order valence-corrected chi connectivity index (χ0v) is 16.7. The molecular formula is C21H24ClN3O3. The average Bonchev–Trinajstić information content (AvgIpc) is 3.18. The Morgan fingerprint density at radius 3 is 2.68 bits per heavy atom. The predicted molar refractivity (Wildman–Crippen MR) is 109 cm³/mol. The highest BCUT2D eigenvalue weighted by Gasteiger charge is 2.30. The molecular weight excluding hydrogens is 378 g/mol. The minimum absolute atomic E-state index is 0.133. The molecule has 1 fully saturated rings. The lowest BCUT2D eigenvalue weighted by Gasteiger charge is -2.31. The number of likely N-dealkylation sites (tertiary alicyclic amines) is 1. The van der Waals surface area contributed by atoms with Crippen molar-refractivity contribution in [3.8, 4) is 5.75 Å². The number of nitrogens with one attached hydrogen (secondary N) is 2. The monoisotopic (exact) mass is 401 g/mol. The Hall–Kier alpha value is -2.57. The Kier molecular flexibility index (Phi) is 6.54. The molecule has 0 spiro atoms. The van der Waals surface area contributed by atoms with Gasteiger partial charge < -0.3 is 15.4 Å². The molecule has 2 amide bonds. The number of rotatable bonds is 5. The van der Waals surface area contributed by atoms with Crippen LogP contribution in [0.3, 0.4) is 0 Å². The predicted octanol–water partition coefficient (Wildman–Crippen LogP) is 3.97. The first-order chi connectivity index (χ1) is 13.5. The number of amides is 2. The molecule has 0 saturated carbocycles. The molecule has 28 heavy (non-hydrogen) atoms. The molecule has 1 aliphatic heterocycles. The third kappa shape index (κ3) is 4.82. The van der Waals surface area contributed by atoms with Crippen LogP contribution in [0.1, 0.15) is 41.7 Å². The van der Waals surface area contributed by atoms with Gasteiger partial charge in [0, 0.05) is 30.2 Å². The molecule has 1 saturated heterocycles. The highest BCUT2D eigenvalue weighted by Crippen LogP contribution is 2.34. The summed E-state index contributed by atoms with van der Waals surface area (Å²) in [6, 6.07) is 14.5. The van der Waals surface area contributed by atoms with Gasteiger partial charge >= 0.3 is 6.09 Å².